The first-order valence-electron chi connectivity index (χ1n) is 6.27. The van der Waals surface area contributed by atoms with E-state index in [1.807, 2.05) is 0 Å². The molecule has 0 aromatic carbocycles. The molecule has 28 heavy (non-hydrogen) atoms. The van der Waals surface area contributed by atoms with Crippen LogP contribution in [0.4, 0.5) is 70.2 Å². The molecule has 0 rings (SSSR count). The zero-order valence-electron chi connectivity index (χ0n) is 13.0. The summed E-state index contributed by atoms with van der Waals surface area (Å²) in [7, 11) is -0.535. The Morgan fingerprint density at radius 3 is 0.607 bits per heavy atom. The molecule has 2 nitrogen and oxygen atoms in total. The van der Waals surface area contributed by atoms with Crippen LogP contribution in [0.3, 0.4) is 0 Å². The molecule has 18 heteroatoms. The van der Waals surface area contributed by atoms with E-state index in [4.69, 9.17) is 0 Å². The van der Waals surface area contributed by atoms with Gasteiger partial charge in [0.05, 0.1) is 0 Å². The maximum atomic E-state index is 13.2. The lowest BCUT2D eigenvalue weighted by molar-refractivity contribution is -0.455. The van der Waals surface area contributed by atoms with E-state index in [9.17, 15) is 70.2 Å². The van der Waals surface area contributed by atoms with Crippen molar-refractivity contribution in [3.63, 3.8) is 0 Å². The van der Waals surface area contributed by atoms with Gasteiger partial charge in [-0.3, -0.25) is 10.6 Å². The van der Waals surface area contributed by atoms with E-state index in [2.05, 4.69) is 0 Å². The molecule has 0 aliphatic heterocycles. The summed E-state index contributed by atoms with van der Waals surface area (Å²) in [5.74, 6) is -48.2. The van der Waals surface area contributed by atoms with Crippen LogP contribution in [0.15, 0.2) is 0 Å². The zero-order chi connectivity index (χ0) is 23.4. The van der Waals surface area contributed by atoms with Gasteiger partial charge in [0.1, 0.15) is 0 Å². The fourth-order valence-electron chi connectivity index (χ4n) is 1.50. The van der Waals surface area contributed by atoms with Crippen molar-refractivity contribution in [1.82, 2.24) is 10.6 Å². The molecule has 0 fully saturated rings. The lowest BCUT2D eigenvalue weighted by Crippen LogP contribution is -2.76. The van der Waals surface area contributed by atoms with Crippen molar-refractivity contribution in [3.8, 4) is 0 Å². The summed E-state index contributed by atoms with van der Waals surface area (Å²) in [5, 5.41) is 0.0128. The van der Waals surface area contributed by atoms with Crippen molar-refractivity contribution in [1.29, 1.82) is 0 Å². The van der Waals surface area contributed by atoms with Crippen LogP contribution in [0, 0.1) is 0 Å². The van der Waals surface area contributed by atoms with Crippen LogP contribution in [0.1, 0.15) is 0 Å². The molecule has 0 atom stereocenters. The minimum absolute atomic E-state index is 0.00640. The molecule has 0 amide bonds. The lowest BCUT2D eigenvalue weighted by Gasteiger charge is -2.43. The molecule has 0 unspecified atom stereocenters. The summed E-state index contributed by atoms with van der Waals surface area (Å²) < 4.78 is 209. The third kappa shape index (κ3) is 3.06. The average Bonchev–Trinajstić information content (AvgIpc) is 2.53. The first-order chi connectivity index (χ1) is 11.9. The third-order valence-corrected chi connectivity index (χ3v) is 3.39. The molecule has 0 saturated carbocycles. The maximum Gasteiger partial charge on any atom is 0.392 e. The predicted molar refractivity (Wildman–Crippen MR) is 57.7 cm³/mol. The summed E-state index contributed by atoms with van der Waals surface area (Å²) in [5.41, 5.74) is 0. The van der Waals surface area contributed by atoms with E-state index in [1.165, 1.54) is 0 Å². The van der Waals surface area contributed by atoms with Gasteiger partial charge in [-0.1, -0.05) is 0 Å². The normalized spacial score (nSPS) is 16.5. The molecular weight excluding hydrogens is 452 g/mol. The standard InChI is InChI=1S/C10H8F16N2/c1-27-9(23,24)7(19,20)5(15,16)3(11,12)4(13,14)6(17,18)8(21,22)10(25,26)28-2/h27-28H,1-2H3. The molecule has 0 aromatic heterocycles. The number of halogens is 16. The largest absolute Gasteiger partial charge is 0.392 e. The Balaban J connectivity index is 6.69. The molecule has 0 spiro atoms. The maximum absolute atomic E-state index is 13.2. The van der Waals surface area contributed by atoms with Crippen LogP contribution >= 0.6 is 0 Å². The first-order valence-corrected chi connectivity index (χ1v) is 6.27. The number of alkyl halides is 16. The van der Waals surface area contributed by atoms with Gasteiger partial charge in [-0.2, -0.15) is 70.2 Å². The highest BCUT2D eigenvalue weighted by Crippen LogP contribution is 2.63. The van der Waals surface area contributed by atoms with E-state index in [-0.39, 0.29) is 24.7 Å². The van der Waals surface area contributed by atoms with Gasteiger partial charge in [-0.15, -0.1) is 0 Å². The Bertz CT molecular complexity index is 518. The number of hydrogen-bond donors (Lipinski definition) is 2. The first kappa shape index (κ1) is 26.8. The van der Waals surface area contributed by atoms with Crippen LogP contribution in [0.25, 0.3) is 0 Å². The second kappa shape index (κ2) is 6.66. The highest BCUT2D eigenvalue weighted by molar-refractivity contribution is 5.15. The van der Waals surface area contributed by atoms with Gasteiger partial charge in [0.15, 0.2) is 0 Å². The van der Waals surface area contributed by atoms with Gasteiger partial charge in [0.2, 0.25) is 0 Å². The monoisotopic (exact) mass is 460 g/mol. The summed E-state index contributed by atoms with van der Waals surface area (Å²) in [6, 6.07) is -12.9. The van der Waals surface area contributed by atoms with Crippen LogP contribution in [0.2, 0.25) is 0 Å². The summed E-state index contributed by atoms with van der Waals surface area (Å²) in [4.78, 5) is 0. The van der Waals surface area contributed by atoms with Crippen LogP contribution in [-0.4, -0.2) is 61.7 Å². The zero-order valence-corrected chi connectivity index (χ0v) is 13.0. The van der Waals surface area contributed by atoms with Crippen molar-refractivity contribution in [2.45, 2.75) is 47.6 Å². The predicted octanol–water partition coefficient (Wildman–Crippen LogP) is 4.42. The molecule has 0 heterocycles. The highest BCUT2D eigenvalue weighted by Gasteiger charge is 2.94. The van der Waals surface area contributed by atoms with Gasteiger partial charge >= 0.3 is 47.6 Å². The van der Waals surface area contributed by atoms with Crippen molar-refractivity contribution < 1.29 is 70.2 Å². The molecule has 0 aromatic rings. The number of rotatable bonds is 9. The van der Waals surface area contributed by atoms with E-state index >= 15 is 0 Å². The van der Waals surface area contributed by atoms with Crippen molar-refractivity contribution >= 4 is 0 Å². The summed E-state index contributed by atoms with van der Waals surface area (Å²) >= 11 is 0. The third-order valence-electron chi connectivity index (χ3n) is 3.39. The van der Waals surface area contributed by atoms with Gasteiger partial charge < -0.3 is 0 Å². The van der Waals surface area contributed by atoms with E-state index in [0.717, 1.165) is 0 Å². The molecule has 170 valence electrons. The quantitative estimate of drug-likeness (QED) is 0.394. The second-order valence-electron chi connectivity index (χ2n) is 5.10. The smallest absolute Gasteiger partial charge is 0.256 e. The Kier molecular flexibility index (Phi) is 6.38. The van der Waals surface area contributed by atoms with Crippen LogP contribution in [-0.2, 0) is 0 Å². The molecule has 0 aliphatic carbocycles. The minimum atomic E-state index is -8.39. The topological polar surface area (TPSA) is 24.1 Å². The summed E-state index contributed by atoms with van der Waals surface area (Å²) in [6.07, 6.45) is 0. The van der Waals surface area contributed by atoms with Crippen molar-refractivity contribution in [2.75, 3.05) is 14.1 Å². The second-order valence-corrected chi connectivity index (χ2v) is 5.10. The molecule has 0 saturated heterocycles. The fourth-order valence-corrected chi connectivity index (χ4v) is 1.50. The van der Waals surface area contributed by atoms with Gasteiger partial charge in [-0.05, 0) is 14.1 Å². The van der Waals surface area contributed by atoms with Crippen LogP contribution < -0.4 is 10.6 Å². The Labute approximate surface area is 144 Å². The molecule has 0 aliphatic rings. The molecule has 0 radical (unpaired) electrons. The van der Waals surface area contributed by atoms with Crippen LogP contribution in [0.5, 0.6) is 0 Å². The fraction of sp³-hybridized carbons (Fsp3) is 1.00. The van der Waals surface area contributed by atoms with E-state index in [1.54, 1.807) is 0 Å². The van der Waals surface area contributed by atoms with Gasteiger partial charge in [-0.25, -0.2) is 0 Å². The number of nitrogens with one attached hydrogen (secondary N) is 2. The van der Waals surface area contributed by atoms with Crippen molar-refractivity contribution in [2.24, 2.45) is 0 Å². The lowest BCUT2D eigenvalue weighted by atomic mass is 9.90. The van der Waals surface area contributed by atoms with Gasteiger partial charge in [0.25, 0.3) is 0 Å². The molecule has 0 bridgehead atoms. The Hall–Kier alpha value is -1.20. The summed E-state index contributed by atoms with van der Waals surface area (Å²) in [6.45, 7) is 0. The minimum Gasteiger partial charge on any atom is -0.256 e. The average molecular weight is 460 g/mol. The van der Waals surface area contributed by atoms with Gasteiger partial charge in [0, 0.05) is 0 Å². The molecular formula is C10H8F16N2. The van der Waals surface area contributed by atoms with Crippen molar-refractivity contribution in [3.05, 3.63) is 0 Å². The SMILES string of the molecule is CNC(F)(F)C(F)(F)C(F)(F)C(F)(F)C(F)(F)C(F)(F)C(F)(F)C(F)(F)NC. The number of hydrogen-bond acceptors (Lipinski definition) is 2. The Morgan fingerprint density at radius 2 is 0.464 bits per heavy atom. The highest BCUT2D eigenvalue weighted by atomic mass is 19.4. The molecule has 2 N–H and O–H groups in total. The van der Waals surface area contributed by atoms with E-state index in [0.29, 0.717) is 0 Å². The Morgan fingerprint density at radius 1 is 0.321 bits per heavy atom. The van der Waals surface area contributed by atoms with E-state index < -0.39 is 47.6 Å².